The third kappa shape index (κ3) is 4.45. The third-order valence-electron chi connectivity index (χ3n) is 3.85. The quantitative estimate of drug-likeness (QED) is 0.719. The first kappa shape index (κ1) is 15.3. The summed E-state index contributed by atoms with van der Waals surface area (Å²) in [5, 5.41) is 3.52. The highest BCUT2D eigenvalue weighted by molar-refractivity contribution is 5.68. The number of anilines is 1. The van der Waals surface area contributed by atoms with E-state index in [0.717, 1.165) is 29.8 Å². The van der Waals surface area contributed by atoms with Crippen LogP contribution in [-0.4, -0.2) is 5.87 Å². The molecular weight excluding hydrogens is 280 g/mol. The molecule has 0 atom stereocenters. The van der Waals surface area contributed by atoms with E-state index >= 15 is 0 Å². The first-order chi connectivity index (χ1) is 11.1. The van der Waals surface area contributed by atoms with Gasteiger partial charge in [0.2, 0.25) is 0 Å². The molecule has 2 heteroatoms. The second kappa shape index (κ2) is 6.68. The van der Waals surface area contributed by atoms with E-state index in [4.69, 9.17) is 0 Å². The average molecular weight is 302 g/mol. The van der Waals surface area contributed by atoms with E-state index in [1.807, 2.05) is 48.5 Å². The Bertz CT molecular complexity index is 749. The summed E-state index contributed by atoms with van der Waals surface area (Å²) in [4.78, 5) is 4.48. The van der Waals surface area contributed by atoms with E-state index in [1.54, 1.807) is 0 Å². The zero-order chi connectivity index (χ0) is 16.1. The van der Waals surface area contributed by atoms with Crippen LogP contribution >= 0.6 is 0 Å². The van der Waals surface area contributed by atoms with Gasteiger partial charge >= 0.3 is 0 Å². The van der Waals surface area contributed by atoms with Gasteiger partial charge in [0, 0.05) is 17.0 Å². The van der Waals surface area contributed by atoms with Crippen LogP contribution in [0.5, 0.6) is 0 Å². The second-order valence-electron chi connectivity index (χ2n) is 6.76. The smallest absolute Gasteiger partial charge is 0.0729 e. The van der Waals surface area contributed by atoms with Crippen LogP contribution in [0.25, 0.3) is 0 Å². The molecule has 0 spiro atoms. The Balaban J connectivity index is 1.87. The van der Waals surface area contributed by atoms with Crippen LogP contribution in [0.4, 0.5) is 11.4 Å². The summed E-state index contributed by atoms with van der Waals surface area (Å²) in [6.45, 7) is 4.58. The van der Waals surface area contributed by atoms with Crippen LogP contribution in [0, 0.1) is 5.41 Å². The van der Waals surface area contributed by atoms with Crippen molar-refractivity contribution in [3.05, 3.63) is 78.0 Å². The highest BCUT2D eigenvalue weighted by Crippen LogP contribution is 2.37. The zero-order valence-electron chi connectivity index (χ0n) is 13.7. The summed E-state index contributed by atoms with van der Waals surface area (Å²) in [6, 6.07) is 20.3. The van der Waals surface area contributed by atoms with Crippen LogP contribution in [0.2, 0.25) is 0 Å². The van der Waals surface area contributed by atoms with Crippen LogP contribution in [-0.2, 0) is 0 Å². The molecule has 0 saturated carbocycles. The van der Waals surface area contributed by atoms with E-state index in [0.29, 0.717) is 0 Å². The Morgan fingerprint density at radius 1 is 0.913 bits per heavy atom. The van der Waals surface area contributed by atoms with Gasteiger partial charge in [-0.15, -0.1) is 0 Å². The van der Waals surface area contributed by atoms with Crippen molar-refractivity contribution in [3.63, 3.8) is 0 Å². The number of nitrogens with zero attached hydrogens (tertiary/aromatic N) is 1. The molecule has 0 aromatic heterocycles. The first-order valence-electron chi connectivity index (χ1n) is 8.01. The molecule has 1 aliphatic carbocycles. The van der Waals surface area contributed by atoms with Gasteiger partial charge in [0.05, 0.1) is 5.69 Å². The van der Waals surface area contributed by atoms with Crippen molar-refractivity contribution >= 4 is 17.2 Å². The zero-order valence-corrected chi connectivity index (χ0v) is 13.7. The maximum absolute atomic E-state index is 4.48. The van der Waals surface area contributed by atoms with Crippen molar-refractivity contribution in [3.8, 4) is 0 Å². The molecule has 3 rings (SSSR count). The van der Waals surface area contributed by atoms with Gasteiger partial charge in [-0.1, -0.05) is 50.2 Å². The van der Waals surface area contributed by atoms with Gasteiger partial charge in [0.25, 0.3) is 0 Å². The summed E-state index contributed by atoms with van der Waals surface area (Å²) < 4.78 is 0. The lowest BCUT2D eigenvalue weighted by Gasteiger charge is -2.30. The molecule has 2 aromatic rings. The predicted molar refractivity (Wildman–Crippen MR) is 98.2 cm³/mol. The Morgan fingerprint density at radius 3 is 2.26 bits per heavy atom. The van der Waals surface area contributed by atoms with Gasteiger partial charge in [-0.05, 0) is 54.5 Å². The standard InChI is InChI=1S/C21H22N2/c1-21(2)14-17(16-22-18-9-5-3-6-10-18)13-20(15-21)23-19-11-7-4-8-12-19/h3-13,23H,14-15H2,1-2H3. The summed E-state index contributed by atoms with van der Waals surface area (Å²) in [6.07, 6.45) is 4.20. The fourth-order valence-corrected chi connectivity index (χ4v) is 2.90. The number of nitrogens with one attached hydrogen (secondary N) is 1. The lowest BCUT2D eigenvalue weighted by Crippen LogP contribution is -2.20. The lowest BCUT2D eigenvalue weighted by molar-refractivity contribution is 0.354. The maximum atomic E-state index is 4.48. The van der Waals surface area contributed by atoms with Gasteiger partial charge in [0.1, 0.15) is 0 Å². The number of hydrogen-bond donors (Lipinski definition) is 1. The van der Waals surface area contributed by atoms with Crippen molar-refractivity contribution in [2.75, 3.05) is 5.32 Å². The lowest BCUT2D eigenvalue weighted by atomic mass is 9.77. The molecule has 0 heterocycles. The number of rotatable bonds is 3. The molecule has 1 aliphatic rings. The van der Waals surface area contributed by atoms with E-state index < -0.39 is 0 Å². The molecule has 2 nitrogen and oxygen atoms in total. The Hall–Kier alpha value is -2.57. The van der Waals surface area contributed by atoms with Crippen molar-refractivity contribution < 1.29 is 0 Å². The number of aliphatic imine (C=N–C) groups is 1. The van der Waals surface area contributed by atoms with Gasteiger partial charge in [0.15, 0.2) is 0 Å². The van der Waals surface area contributed by atoms with Crippen LogP contribution < -0.4 is 5.32 Å². The molecule has 1 N–H and O–H groups in total. The fourth-order valence-electron chi connectivity index (χ4n) is 2.90. The molecule has 116 valence electrons. The number of allylic oxidation sites excluding steroid dienone is 3. The van der Waals surface area contributed by atoms with E-state index in [9.17, 15) is 0 Å². The summed E-state index contributed by atoms with van der Waals surface area (Å²) >= 11 is 0. The van der Waals surface area contributed by atoms with E-state index in [-0.39, 0.29) is 5.41 Å². The van der Waals surface area contributed by atoms with E-state index in [1.165, 1.54) is 5.70 Å². The van der Waals surface area contributed by atoms with Gasteiger partial charge in [-0.3, -0.25) is 0 Å². The first-order valence-corrected chi connectivity index (χ1v) is 8.01. The molecule has 0 amide bonds. The molecule has 0 radical (unpaired) electrons. The monoisotopic (exact) mass is 302 g/mol. The topological polar surface area (TPSA) is 24.4 Å². The Labute approximate surface area is 138 Å². The molecule has 0 fully saturated rings. The largest absolute Gasteiger partial charge is 0.359 e. The number of para-hydroxylation sites is 2. The molecule has 0 aliphatic heterocycles. The highest BCUT2D eigenvalue weighted by Gasteiger charge is 2.25. The van der Waals surface area contributed by atoms with Gasteiger partial charge in [-0.2, -0.15) is 0 Å². The normalized spacial score (nSPS) is 16.3. The Kier molecular flexibility index (Phi) is 4.45. The molecule has 0 bridgehead atoms. The summed E-state index contributed by atoms with van der Waals surface area (Å²) in [5.41, 5.74) is 4.63. The summed E-state index contributed by atoms with van der Waals surface area (Å²) in [7, 11) is 0. The highest BCUT2D eigenvalue weighted by atomic mass is 14.9. The van der Waals surface area contributed by atoms with Crippen molar-refractivity contribution in [2.45, 2.75) is 26.7 Å². The number of benzene rings is 2. The van der Waals surface area contributed by atoms with Crippen molar-refractivity contribution in [2.24, 2.45) is 10.4 Å². The minimum absolute atomic E-state index is 0.209. The minimum Gasteiger partial charge on any atom is -0.359 e. The second-order valence-corrected chi connectivity index (χ2v) is 6.76. The van der Waals surface area contributed by atoms with Crippen molar-refractivity contribution in [1.29, 1.82) is 0 Å². The number of hydrogen-bond acceptors (Lipinski definition) is 2. The third-order valence-corrected chi connectivity index (χ3v) is 3.85. The van der Waals surface area contributed by atoms with Crippen LogP contribution in [0.3, 0.4) is 0 Å². The fraction of sp³-hybridized carbons (Fsp3) is 0.238. The molecule has 2 aromatic carbocycles. The van der Waals surface area contributed by atoms with E-state index in [2.05, 4.69) is 48.2 Å². The SMILES string of the molecule is CC1(C)CC(=C=Nc2ccccc2)C=C(Nc2ccccc2)C1. The minimum atomic E-state index is 0.209. The van der Waals surface area contributed by atoms with Gasteiger partial charge < -0.3 is 5.32 Å². The maximum Gasteiger partial charge on any atom is 0.0729 e. The molecule has 23 heavy (non-hydrogen) atoms. The molecular formula is C21H22N2. The van der Waals surface area contributed by atoms with Crippen LogP contribution in [0.15, 0.2) is 83.0 Å². The molecule has 0 unspecified atom stereocenters. The Morgan fingerprint density at radius 2 is 1.57 bits per heavy atom. The van der Waals surface area contributed by atoms with Gasteiger partial charge in [-0.25, -0.2) is 4.99 Å². The predicted octanol–water partition coefficient (Wildman–Crippen LogP) is 5.73. The summed E-state index contributed by atoms with van der Waals surface area (Å²) in [5.74, 6) is 3.23. The average Bonchev–Trinajstić information content (AvgIpc) is 2.53. The molecule has 0 saturated heterocycles. The van der Waals surface area contributed by atoms with Crippen LogP contribution in [0.1, 0.15) is 26.7 Å². The van der Waals surface area contributed by atoms with Crippen molar-refractivity contribution in [1.82, 2.24) is 0 Å².